The molecular weight excluding hydrogens is 259 g/mol. The molecule has 2 aliphatic carbocycles. The van der Waals surface area contributed by atoms with Gasteiger partial charge in [-0.3, -0.25) is 0 Å². The SMILES string of the molecule is CCCCCCP(CCCCCC)C1CC2CCC1C2. The molecule has 2 fully saturated rings. The van der Waals surface area contributed by atoms with Crippen molar-refractivity contribution in [2.45, 2.75) is 96.6 Å². The normalized spacial score (nSPS) is 28.6. The van der Waals surface area contributed by atoms with Crippen LogP contribution in [0.3, 0.4) is 0 Å². The number of fused-ring (bicyclic) bond motifs is 2. The number of hydrogen-bond acceptors (Lipinski definition) is 0. The van der Waals surface area contributed by atoms with E-state index in [1.807, 2.05) is 0 Å². The van der Waals surface area contributed by atoms with Gasteiger partial charge in [0.15, 0.2) is 0 Å². The number of rotatable bonds is 11. The molecule has 3 atom stereocenters. The van der Waals surface area contributed by atoms with Crippen LogP contribution in [0.15, 0.2) is 0 Å². The molecule has 20 heavy (non-hydrogen) atoms. The van der Waals surface area contributed by atoms with E-state index in [0.717, 1.165) is 5.92 Å². The molecule has 0 saturated heterocycles. The van der Waals surface area contributed by atoms with E-state index in [0.29, 0.717) is 7.92 Å². The van der Waals surface area contributed by atoms with Crippen LogP contribution in [-0.2, 0) is 0 Å². The predicted molar refractivity (Wildman–Crippen MR) is 94.2 cm³/mol. The first-order valence-electron chi connectivity index (χ1n) is 9.59. The third-order valence-electron chi connectivity index (χ3n) is 5.77. The summed E-state index contributed by atoms with van der Waals surface area (Å²) in [6.07, 6.45) is 21.5. The van der Waals surface area contributed by atoms with E-state index in [1.54, 1.807) is 50.8 Å². The lowest BCUT2D eigenvalue weighted by atomic mass is 10.0. The lowest BCUT2D eigenvalue weighted by molar-refractivity contribution is 0.485. The maximum atomic E-state index is 2.34. The van der Waals surface area contributed by atoms with Crippen LogP contribution >= 0.6 is 7.92 Å². The first-order valence-corrected chi connectivity index (χ1v) is 11.4. The zero-order chi connectivity index (χ0) is 14.2. The third kappa shape index (κ3) is 5.01. The summed E-state index contributed by atoms with van der Waals surface area (Å²) in [7, 11) is 0.390. The van der Waals surface area contributed by atoms with Crippen molar-refractivity contribution in [2.75, 3.05) is 12.3 Å². The van der Waals surface area contributed by atoms with E-state index in [9.17, 15) is 0 Å². The van der Waals surface area contributed by atoms with E-state index < -0.39 is 0 Å². The molecule has 0 aliphatic heterocycles. The van der Waals surface area contributed by atoms with Crippen molar-refractivity contribution in [2.24, 2.45) is 11.8 Å². The summed E-state index contributed by atoms with van der Waals surface area (Å²) in [5.74, 6) is 2.32. The van der Waals surface area contributed by atoms with Gasteiger partial charge in [0.2, 0.25) is 0 Å². The highest BCUT2D eigenvalue weighted by atomic mass is 31.1. The third-order valence-corrected chi connectivity index (χ3v) is 9.12. The molecule has 0 heterocycles. The molecule has 2 bridgehead atoms. The fraction of sp³-hybridized carbons (Fsp3) is 1.00. The summed E-state index contributed by atoms with van der Waals surface area (Å²) in [5.41, 5.74) is 1.20. The Balaban J connectivity index is 1.73. The molecule has 0 nitrogen and oxygen atoms in total. The Bertz CT molecular complexity index is 238. The summed E-state index contributed by atoms with van der Waals surface area (Å²) < 4.78 is 0. The first-order chi connectivity index (χ1) is 9.85. The van der Waals surface area contributed by atoms with Crippen molar-refractivity contribution in [3.8, 4) is 0 Å². The lowest BCUT2D eigenvalue weighted by Crippen LogP contribution is -2.17. The van der Waals surface area contributed by atoms with Gasteiger partial charge in [-0.15, -0.1) is 7.92 Å². The van der Waals surface area contributed by atoms with E-state index in [1.165, 1.54) is 50.1 Å². The van der Waals surface area contributed by atoms with Crippen LogP contribution in [0.4, 0.5) is 0 Å². The highest BCUT2D eigenvalue weighted by Crippen LogP contribution is 2.59. The minimum absolute atomic E-state index is 0.390. The summed E-state index contributed by atoms with van der Waals surface area (Å²) in [4.78, 5) is 0. The Labute approximate surface area is 129 Å². The maximum absolute atomic E-state index is 2.34. The molecule has 1 heteroatoms. The molecule has 0 aromatic rings. The number of unbranched alkanes of at least 4 members (excludes halogenated alkanes) is 6. The topological polar surface area (TPSA) is 0 Å². The van der Waals surface area contributed by atoms with E-state index >= 15 is 0 Å². The Morgan fingerprint density at radius 2 is 1.40 bits per heavy atom. The quantitative estimate of drug-likeness (QED) is 0.290. The second-order valence-electron chi connectivity index (χ2n) is 7.40. The van der Waals surface area contributed by atoms with Gasteiger partial charge in [-0.05, 0) is 61.9 Å². The first kappa shape index (κ1) is 16.8. The van der Waals surface area contributed by atoms with Crippen molar-refractivity contribution in [1.82, 2.24) is 0 Å². The molecule has 0 amide bonds. The zero-order valence-corrected chi connectivity index (χ0v) is 15.0. The molecule has 2 rings (SSSR count). The highest BCUT2D eigenvalue weighted by Gasteiger charge is 2.42. The Kier molecular flexibility index (Phi) is 7.93. The van der Waals surface area contributed by atoms with Crippen molar-refractivity contribution in [3.05, 3.63) is 0 Å². The van der Waals surface area contributed by atoms with Crippen LogP contribution in [0.1, 0.15) is 90.9 Å². The Morgan fingerprint density at radius 3 is 1.85 bits per heavy atom. The van der Waals surface area contributed by atoms with Crippen LogP contribution in [0.5, 0.6) is 0 Å². The van der Waals surface area contributed by atoms with E-state index in [4.69, 9.17) is 0 Å². The molecule has 0 aromatic heterocycles. The molecular formula is C19H37P. The maximum Gasteiger partial charge on any atom is -0.0178 e. The van der Waals surface area contributed by atoms with Gasteiger partial charge in [-0.1, -0.05) is 58.8 Å². The largest absolute Gasteiger partial charge is 0.103 e. The monoisotopic (exact) mass is 296 g/mol. The molecule has 0 N–H and O–H groups in total. The van der Waals surface area contributed by atoms with Crippen molar-refractivity contribution >= 4 is 7.92 Å². The average molecular weight is 296 g/mol. The minimum Gasteiger partial charge on any atom is -0.103 e. The van der Waals surface area contributed by atoms with Crippen LogP contribution in [0.25, 0.3) is 0 Å². The highest BCUT2D eigenvalue weighted by molar-refractivity contribution is 7.58. The summed E-state index contributed by atoms with van der Waals surface area (Å²) in [6.45, 7) is 4.67. The second-order valence-corrected chi connectivity index (χ2v) is 10.1. The molecule has 0 aromatic carbocycles. The summed E-state index contributed by atoms with van der Waals surface area (Å²) in [6, 6.07) is 0. The van der Waals surface area contributed by atoms with Crippen LogP contribution in [0, 0.1) is 11.8 Å². The zero-order valence-electron chi connectivity index (χ0n) is 14.1. The predicted octanol–water partition coefficient (Wildman–Crippen LogP) is 6.82. The van der Waals surface area contributed by atoms with Gasteiger partial charge in [0.25, 0.3) is 0 Å². The van der Waals surface area contributed by atoms with Crippen LogP contribution < -0.4 is 0 Å². The molecule has 0 radical (unpaired) electrons. The summed E-state index contributed by atoms with van der Waals surface area (Å²) >= 11 is 0. The standard InChI is InChI=1S/C19H37P/c1-3-5-7-9-13-20(14-10-8-6-4-2)19-16-17-11-12-18(19)15-17/h17-19H,3-16H2,1-2H3. The Hall–Kier alpha value is 0.430. The fourth-order valence-corrected chi connectivity index (χ4v) is 8.19. The van der Waals surface area contributed by atoms with Gasteiger partial charge in [0, 0.05) is 0 Å². The van der Waals surface area contributed by atoms with Crippen molar-refractivity contribution in [1.29, 1.82) is 0 Å². The van der Waals surface area contributed by atoms with E-state index in [2.05, 4.69) is 13.8 Å². The van der Waals surface area contributed by atoms with Gasteiger partial charge in [-0.2, -0.15) is 0 Å². The van der Waals surface area contributed by atoms with Crippen LogP contribution in [-0.4, -0.2) is 18.0 Å². The molecule has 2 saturated carbocycles. The molecule has 0 spiro atoms. The van der Waals surface area contributed by atoms with Gasteiger partial charge in [0.05, 0.1) is 0 Å². The average Bonchev–Trinajstić information content (AvgIpc) is 3.08. The van der Waals surface area contributed by atoms with Crippen molar-refractivity contribution in [3.63, 3.8) is 0 Å². The summed E-state index contributed by atoms with van der Waals surface area (Å²) in [5, 5.41) is 0. The van der Waals surface area contributed by atoms with Crippen LogP contribution in [0.2, 0.25) is 0 Å². The fourth-order valence-electron chi connectivity index (χ4n) is 4.59. The second kappa shape index (κ2) is 9.45. The smallest absolute Gasteiger partial charge is 0.0178 e. The van der Waals surface area contributed by atoms with E-state index in [-0.39, 0.29) is 0 Å². The lowest BCUT2D eigenvalue weighted by Gasteiger charge is -2.31. The molecule has 2 aliphatic rings. The Morgan fingerprint density at radius 1 is 0.750 bits per heavy atom. The van der Waals surface area contributed by atoms with Gasteiger partial charge < -0.3 is 0 Å². The molecule has 118 valence electrons. The van der Waals surface area contributed by atoms with Gasteiger partial charge in [0.1, 0.15) is 0 Å². The number of hydrogen-bond donors (Lipinski definition) is 0. The molecule has 3 unspecified atom stereocenters. The minimum atomic E-state index is 0.390. The van der Waals surface area contributed by atoms with Gasteiger partial charge in [-0.25, -0.2) is 0 Å². The van der Waals surface area contributed by atoms with Gasteiger partial charge >= 0.3 is 0 Å². The van der Waals surface area contributed by atoms with Crippen molar-refractivity contribution < 1.29 is 0 Å².